The van der Waals surface area contributed by atoms with Gasteiger partial charge in [0.2, 0.25) is 5.75 Å². The van der Waals surface area contributed by atoms with Crippen molar-refractivity contribution in [3.8, 4) is 17.2 Å². The maximum Gasteiger partial charge on any atom is 0.352 e. The molecule has 0 saturated carbocycles. The second-order valence-corrected chi connectivity index (χ2v) is 12.1. The maximum absolute atomic E-state index is 13.8. The number of rotatable bonds is 16. The number of nitrogens with one attached hydrogen (secondary N) is 1. The lowest BCUT2D eigenvalue weighted by molar-refractivity contribution is -0.386. The molecule has 0 fully saturated rings. The summed E-state index contributed by atoms with van der Waals surface area (Å²) in [7, 11) is 0. The monoisotopic (exact) mass is 782 g/mol. The smallest absolute Gasteiger partial charge is 0.352 e. The van der Waals surface area contributed by atoms with Gasteiger partial charge in [0.15, 0.2) is 23.5 Å². The molecule has 57 heavy (non-hydrogen) atoms. The molecule has 0 unspecified atom stereocenters. The number of nitro benzene ring substituents is 3. The maximum atomic E-state index is 13.8. The van der Waals surface area contributed by atoms with Crippen LogP contribution < -0.4 is 25.2 Å². The number of anilines is 1. The first-order chi connectivity index (χ1) is 27.4. The van der Waals surface area contributed by atoms with E-state index in [1.54, 1.807) is 18.2 Å². The van der Waals surface area contributed by atoms with Gasteiger partial charge in [0.1, 0.15) is 38.0 Å². The molecule has 0 spiro atoms. The summed E-state index contributed by atoms with van der Waals surface area (Å²) in [4.78, 5) is 64.0. The normalized spacial score (nSPS) is 13.4. The molecule has 0 radical (unpaired) electrons. The number of amides is 1. The fourth-order valence-corrected chi connectivity index (χ4v) is 5.69. The number of carbonyl (C=O) groups is 1. The highest BCUT2D eigenvalue weighted by Crippen LogP contribution is 2.42. The van der Waals surface area contributed by atoms with Gasteiger partial charge >= 0.3 is 5.69 Å². The number of para-hydroxylation sites is 3. The van der Waals surface area contributed by atoms with Crippen molar-refractivity contribution >= 4 is 28.8 Å². The molecular formula is C37H30N6O14. The van der Waals surface area contributed by atoms with Crippen LogP contribution in [0, 0.1) is 30.3 Å². The summed E-state index contributed by atoms with van der Waals surface area (Å²) in [5.41, 5.74) is -1.46. The van der Waals surface area contributed by atoms with E-state index in [1.165, 1.54) is 79.0 Å². The number of aromatic nitrogens is 2. The summed E-state index contributed by atoms with van der Waals surface area (Å²) in [5, 5.41) is 57.1. The third-order valence-electron chi connectivity index (χ3n) is 8.48. The van der Waals surface area contributed by atoms with Crippen molar-refractivity contribution in [3.05, 3.63) is 172 Å². The number of benzene rings is 4. The van der Waals surface area contributed by atoms with Crippen LogP contribution in [0.5, 0.6) is 17.2 Å². The molecule has 5 aromatic rings. The second-order valence-electron chi connectivity index (χ2n) is 12.1. The van der Waals surface area contributed by atoms with E-state index in [-0.39, 0.29) is 80.3 Å². The van der Waals surface area contributed by atoms with Gasteiger partial charge in [-0.2, -0.15) is 4.98 Å². The predicted molar refractivity (Wildman–Crippen MR) is 197 cm³/mol. The van der Waals surface area contributed by atoms with E-state index < -0.39 is 59.0 Å². The summed E-state index contributed by atoms with van der Waals surface area (Å²) in [6.07, 6.45) is 0.145. The van der Waals surface area contributed by atoms with E-state index in [4.69, 9.17) is 18.9 Å². The van der Waals surface area contributed by atoms with E-state index in [2.05, 4.69) is 10.3 Å². The van der Waals surface area contributed by atoms with Crippen LogP contribution in [0.2, 0.25) is 0 Å². The summed E-state index contributed by atoms with van der Waals surface area (Å²) in [5.74, 6) is -2.05. The molecular weight excluding hydrogens is 752 g/mol. The van der Waals surface area contributed by atoms with Crippen molar-refractivity contribution in [2.24, 2.45) is 0 Å². The molecule has 2 heterocycles. The standard InChI is InChI=1S/C37H30N6O14/c44-18-32-29(45)17-34(57-32)40-14-13-33(39-37(40)47)38-36(46)25-15-30(54-19-22-7-1-4-10-26(22)41(48)49)35(56-21-24-9-3-6-12-28(24)43(52)53)31(16-25)55-20-23-8-2-5-11-27(23)42(50)51/h1-16,34,44-45H,17-21H2,(H,38,39,46,47)/t34-/m1/s1. The van der Waals surface area contributed by atoms with Crippen molar-refractivity contribution in [1.82, 2.24) is 9.55 Å². The predicted octanol–water partition coefficient (Wildman–Crippen LogP) is 5.64. The van der Waals surface area contributed by atoms with Crippen LogP contribution in [0.1, 0.15) is 39.7 Å². The third-order valence-corrected chi connectivity index (χ3v) is 8.48. The van der Waals surface area contributed by atoms with Crippen molar-refractivity contribution in [2.45, 2.75) is 32.5 Å². The third kappa shape index (κ3) is 8.92. The summed E-state index contributed by atoms with van der Waals surface area (Å²) < 4.78 is 24.6. The largest absolute Gasteiger partial charge is 0.508 e. The van der Waals surface area contributed by atoms with E-state index in [9.17, 15) is 50.1 Å². The Morgan fingerprint density at radius 1 is 0.789 bits per heavy atom. The van der Waals surface area contributed by atoms with Gasteiger partial charge in [-0.3, -0.25) is 39.7 Å². The van der Waals surface area contributed by atoms with Crippen LogP contribution in [0.25, 0.3) is 0 Å². The van der Waals surface area contributed by atoms with Crippen LogP contribution in [0.15, 0.2) is 114 Å². The number of ether oxygens (including phenoxy) is 4. The van der Waals surface area contributed by atoms with Crippen molar-refractivity contribution in [3.63, 3.8) is 0 Å². The number of hydrogen-bond donors (Lipinski definition) is 3. The first kappa shape index (κ1) is 38.8. The highest BCUT2D eigenvalue weighted by molar-refractivity contribution is 6.04. The van der Waals surface area contributed by atoms with Gasteiger partial charge in [0.05, 0.1) is 37.9 Å². The zero-order chi connectivity index (χ0) is 40.6. The van der Waals surface area contributed by atoms with E-state index >= 15 is 0 Å². The number of hydrogen-bond acceptors (Lipinski definition) is 15. The highest BCUT2D eigenvalue weighted by Gasteiger charge is 2.28. The Balaban J connectivity index is 1.39. The zero-order valence-electron chi connectivity index (χ0n) is 29.4. The first-order valence-corrected chi connectivity index (χ1v) is 16.8. The zero-order valence-corrected chi connectivity index (χ0v) is 29.4. The minimum absolute atomic E-state index is 0.0986. The Hall–Kier alpha value is -7.87. The summed E-state index contributed by atoms with van der Waals surface area (Å²) in [6.45, 7) is -1.88. The average Bonchev–Trinajstić information content (AvgIpc) is 3.58. The van der Waals surface area contributed by atoms with Crippen LogP contribution in [0.4, 0.5) is 22.9 Å². The van der Waals surface area contributed by atoms with Gasteiger partial charge in [0.25, 0.3) is 23.0 Å². The van der Waals surface area contributed by atoms with Gasteiger partial charge in [-0.25, -0.2) is 4.79 Å². The van der Waals surface area contributed by atoms with Crippen LogP contribution in [-0.4, -0.2) is 47.0 Å². The molecule has 0 saturated heterocycles. The lowest BCUT2D eigenvalue weighted by Gasteiger charge is -2.19. The minimum atomic E-state index is -0.998. The molecule has 6 rings (SSSR count). The fraction of sp³-hybridized carbons (Fsp3) is 0.162. The number of aliphatic hydroxyl groups is 2. The Kier molecular flexibility index (Phi) is 11.6. The molecule has 1 amide bonds. The second kappa shape index (κ2) is 17.1. The lowest BCUT2D eigenvalue weighted by Crippen LogP contribution is -2.28. The Bertz CT molecular complexity index is 2390. The Morgan fingerprint density at radius 2 is 1.26 bits per heavy atom. The first-order valence-electron chi connectivity index (χ1n) is 16.8. The molecule has 3 N–H and O–H groups in total. The molecule has 1 aromatic heterocycles. The Morgan fingerprint density at radius 3 is 1.70 bits per heavy atom. The fourth-order valence-electron chi connectivity index (χ4n) is 5.69. The lowest BCUT2D eigenvalue weighted by atomic mass is 10.1. The molecule has 1 aliphatic rings. The molecule has 20 heteroatoms. The van der Waals surface area contributed by atoms with E-state index in [0.717, 1.165) is 4.57 Å². The quantitative estimate of drug-likeness (QED) is 0.0807. The molecule has 1 aliphatic heterocycles. The van der Waals surface area contributed by atoms with Gasteiger partial charge in [-0.15, -0.1) is 0 Å². The SMILES string of the molecule is O=C(Nc1ccn([C@H]2CC(O)=C(CO)O2)c(=O)n1)c1cc(OCc2ccccc2[N+](=O)[O-])c(OCc2ccccc2[N+](=O)[O-])c(OCc2ccccc2[N+](=O)[O-])c1. The van der Waals surface area contributed by atoms with E-state index in [1.807, 2.05) is 0 Å². The molecule has 0 bridgehead atoms. The molecule has 0 aliphatic carbocycles. The summed E-state index contributed by atoms with van der Waals surface area (Å²) in [6, 6.07) is 20.9. The summed E-state index contributed by atoms with van der Waals surface area (Å²) >= 11 is 0. The van der Waals surface area contributed by atoms with Gasteiger partial charge in [-0.05, 0) is 36.4 Å². The van der Waals surface area contributed by atoms with Gasteiger partial charge in [-0.1, -0.05) is 36.4 Å². The van der Waals surface area contributed by atoms with Crippen LogP contribution >= 0.6 is 0 Å². The minimum Gasteiger partial charge on any atom is -0.508 e. The van der Waals surface area contributed by atoms with Crippen molar-refractivity contribution in [1.29, 1.82) is 0 Å². The van der Waals surface area contributed by atoms with Crippen molar-refractivity contribution in [2.75, 3.05) is 11.9 Å². The van der Waals surface area contributed by atoms with Gasteiger partial charge < -0.3 is 34.5 Å². The molecule has 4 aromatic carbocycles. The number of aliphatic hydroxyl groups excluding tert-OH is 2. The molecule has 1 atom stereocenters. The average molecular weight is 783 g/mol. The van der Waals surface area contributed by atoms with E-state index in [0.29, 0.717) is 0 Å². The Labute approximate surface area is 320 Å². The number of nitrogens with zero attached hydrogens (tertiary/aromatic N) is 5. The van der Waals surface area contributed by atoms with Crippen LogP contribution in [0.3, 0.4) is 0 Å². The highest BCUT2D eigenvalue weighted by atomic mass is 16.6. The van der Waals surface area contributed by atoms with Crippen molar-refractivity contribution < 1.29 is 48.7 Å². The topological polar surface area (TPSA) is 271 Å². The number of nitro groups is 3. The molecule has 292 valence electrons. The van der Waals surface area contributed by atoms with Gasteiger partial charge in [0, 0.05) is 30.0 Å². The number of carbonyl (C=O) groups excluding carboxylic acids is 1. The van der Waals surface area contributed by atoms with Crippen LogP contribution in [-0.2, 0) is 24.6 Å². The molecule has 20 nitrogen and oxygen atoms in total.